The minimum absolute atomic E-state index is 0.00391. The van der Waals surface area contributed by atoms with Crippen molar-refractivity contribution in [1.29, 1.82) is 0 Å². The Kier molecular flexibility index (Phi) is 13.0. The number of carbonyl (C=O) groups excluding carboxylic acids is 4. The number of amides is 5. The highest BCUT2D eigenvalue weighted by atomic mass is 35.5. The number of aromatic nitrogens is 1. The van der Waals surface area contributed by atoms with Gasteiger partial charge in [0.1, 0.15) is 40.6 Å². The highest BCUT2D eigenvalue weighted by Crippen LogP contribution is 2.45. The van der Waals surface area contributed by atoms with Crippen LogP contribution in [0.3, 0.4) is 0 Å². The molecule has 1 saturated carbocycles. The lowest BCUT2D eigenvalue weighted by molar-refractivity contribution is -0.141. The number of sulfonamides is 1. The Hall–Kier alpha value is -6.98. The molecular weight excluding hydrogens is 852 g/mol. The van der Waals surface area contributed by atoms with Gasteiger partial charge in [0.15, 0.2) is 0 Å². The Labute approximate surface area is 367 Å². The number of pyridine rings is 1. The maximum atomic E-state index is 14.5. The van der Waals surface area contributed by atoms with Crippen molar-refractivity contribution in [3.63, 3.8) is 0 Å². The smallest absolute Gasteiger partial charge is 0.405 e. The van der Waals surface area contributed by atoms with E-state index in [2.05, 4.69) is 27.3 Å². The monoisotopic (exact) mass is 894 g/mol. The lowest BCUT2D eigenvalue weighted by Gasteiger charge is -2.29. The molecule has 2 heterocycles. The van der Waals surface area contributed by atoms with Crippen LogP contribution in [-0.4, -0.2) is 97.1 Å². The number of carboxylic acid groups (broad SMARTS) is 1. The first kappa shape index (κ1) is 44.1. The summed E-state index contributed by atoms with van der Waals surface area (Å²) in [5, 5.41) is 16.6. The number of carbonyl (C=O) groups is 5. The lowest BCUT2D eigenvalue weighted by Crippen LogP contribution is -2.59. The molecule has 326 valence electrons. The van der Waals surface area contributed by atoms with Crippen molar-refractivity contribution in [2.45, 2.75) is 46.8 Å². The van der Waals surface area contributed by atoms with Crippen LogP contribution < -0.4 is 30.1 Å². The molecule has 1 aliphatic carbocycles. The fraction of sp³-hybridized carbons (Fsp3) is 0.244. The number of hydrogen-bond donors (Lipinski definition) is 5. The van der Waals surface area contributed by atoms with E-state index in [-0.39, 0.29) is 24.3 Å². The molecule has 16 nitrogen and oxygen atoms in total. The Morgan fingerprint density at radius 1 is 0.968 bits per heavy atom. The molecule has 0 bridgehead atoms. The lowest BCUT2D eigenvalue weighted by atomic mass is 10.1. The number of hydrogen-bond acceptors (Lipinski definition) is 10. The van der Waals surface area contributed by atoms with E-state index in [4.69, 9.17) is 26.1 Å². The molecule has 1 saturated heterocycles. The molecule has 0 radical (unpaired) electrons. The van der Waals surface area contributed by atoms with E-state index in [1.165, 1.54) is 37.5 Å². The summed E-state index contributed by atoms with van der Waals surface area (Å²) in [6.45, 7) is 2.96. The summed E-state index contributed by atoms with van der Waals surface area (Å²) in [6, 6.07) is 28.9. The van der Waals surface area contributed by atoms with Crippen molar-refractivity contribution in [2.24, 2.45) is 5.92 Å². The zero-order valence-corrected chi connectivity index (χ0v) is 35.3. The van der Waals surface area contributed by atoms with Gasteiger partial charge in [0.2, 0.25) is 17.7 Å². The van der Waals surface area contributed by atoms with Gasteiger partial charge in [-0.15, -0.1) is 18.2 Å². The largest absolute Gasteiger partial charge is 0.497 e. The summed E-state index contributed by atoms with van der Waals surface area (Å²) < 4.78 is 40.6. The molecule has 4 unspecified atom stereocenters. The van der Waals surface area contributed by atoms with E-state index in [1.54, 1.807) is 60.7 Å². The normalized spacial score (nSPS) is 20.1. The molecule has 7 rings (SSSR count). The molecule has 1 aromatic heterocycles. The molecular formula is C45H43ClN6O10S. The predicted octanol–water partition coefficient (Wildman–Crippen LogP) is 4.56. The average Bonchev–Trinajstić information content (AvgIpc) is 3.86. The van der Waals surface area contributed by atoms with E-state index < -0.39 is 81.3 Å². The van der Waals surface area contributed by atoms with Gasteiger partial charge in [-0.1, -0.05) is 84.9 Å². The van der Waals surface area contributed by atoms with E-state index in [9.17, 15) is 37.5 Å². The van der Waals surface area contributed by atoms with Crippen molar-refractivity contribution in [3.8, 4) is 22.8 Å². The van der Waals surface area contributed by atoms with Gasteiger partial charge >= 0.3 is 6.09 Å². The number of nitrogens with zero attached hydrogens (tertiary/aromatic N) is 2. The third kappa shape index (κ3) is 9.74. The molecule has 4 aromatic carbocycles. The summed E-state index contributed by atoms with van der Waals surface area (Å²) in [4.78, 5) is 73.9. The highest BCUT2D eigenvalue weighted by Gasteiger charge is 2.61. The number of fused-ring (bicyclic) bond motifs is 1. The summed E-state index contributed by atoms with van der Waals surface area (Å²) in [5.74, 6) is -3.23. The molecule has 1 aliphatic heterocycles. The third-order valence-electron chi connectivity index (χ3n) is 10.9. The van der Waals surface area contributed by atoms with Crippen LogP contribution in [0.4, 0.5) is 4.79 Å². The molecule has 5 aromatic rings. The average molecular weight is 895 g/mol. The first-order valence-corrected chi connectivity index (χ1v) is 21.7. The molecule has 5 amide bonds. The Bertz CT molecular complexity index is 2660. The molecule has 2 fully saturated rings. The van der Waals surface area contributed by atoms with Crippen LogP contribution in [0.5, 0.6) is 11.5 Å². The number of likely N-dealkylation sites (tertiary alicyclic amines) is 1. The fourth-order valence-corrected chi connectivity index (χ4v) is 8.82. The first-order valence-electron chi connectivity index (χ1n) is 19.8. The van der Waals surface area contributed by atoms with Gasteiger partial charge in [0, 0.05) is 42.0 Å². The Morgan fingerprint density at radius 2 is 1.63 bits per heavy atom. The van der Waals surface area contributed by atoms with Crippen molar-refractivity contribution in [1.82, 2.24) is 30.6 Å². The number of methoxy groups -OCH3 is 1. The van der Waals surface area contributed by atoms with Crippen LogP contribution in [0.25, 0.3) is 22.2 Å². The zero-order valence-electron chi connectivity index (χ0n) is 33.8. The van der Waals surface area contributed by atoms with Crippen molar-refractivity contribution < 1.29 is 47.0 Å². The highest BCUT2D eigenvalue weighted by molar-refractivity contribution is 7.90. The molecule has 5 N–H and O–H groups in total. The molecule has 6 atom stereocenters. The minimum atomic E-state index is -4.35. The number of rotatable bonds is 16. The molecule has 0 spiro atoms. The van der Waals surface area contributed by atoms with Gasteiger partial charge in [-0.2, -0.15) is 0 Å². The first-order chi connectivity index (χ1) is 30.2. The topological polar surface area (TPSA) is 222 Å². The van der Waals surface area contributed by atoms with E-state index >= 15 is 0 Å². The van der Waals surface area contributed by atoms with Crippen LogP contribution in [-0.2, 0) is 29.2 Å². The van der Waals surface area contributed by atoms with Crippen molar-refractivity contribution >= 4 is 62.2 Å². The molecule has 2 aliphatic rings. The van der Waals surface area contributed by atoms with Gasteiger partial charge in [0.25, 0.3) is 15.9 Å². The quantitative estimate of drug-likeness (QED) is 0.0683. The van der Waals surface area contributed by atoms with Crippen LogP contribution in [0.2, 0.25) is 0 Å². The second kappa shape index (κ2) is 18.6. The van der Waals surface area contributed by atoms with E-state index in [1.807, 2.05) is 30.3 Å². The van der Waals surface area contributed by atoms with Crippen molar-refractivity contribution in [2.75, 3.05) is 20.2 Å². The summed E-state index contributed by atoms with van der Waals surface area (Å²) in [6.07, 6.45) is -1.22. The Balaban J connectivity index is 1.20. The Morgan fingerprint density at radius 3 is 2.27 bits per heavy atom. The SMILES string of the molecule is C=CC1CC1(NC(=O)[C@@H]1C[C@@H](Oc2cc(-c3ccccc3)nc3cc(OC)ccc23)CN1C(=O)C(CNC(=O)C(Cl)c1ccccc1)NC(=O)O)C(=O)NS(=O)(=O)c1ccccc1. The maximum Gasteiger partial charge on any atom is 0.405 e. The number of nitrogens with one attached hydrogen (secondary N) is 4. The number of alkyl halides is 1. The fourth-order valence-electron chi connectivity index (χ4n) is 7.54. The van der Waals surface area contributed by atoms with Gasteiger partial charge < -0.3 is 35.4 Å². The van der Waals surface area contributed by atoms with Gasteiger partial charge in [-0.05, 0) is 36.2 Å². The van der Waals surface area contributed by atoms with Crippen LogP contribution in [0, 0.1) is 5.92 Å². The number of halogens is 1. The summed E-state index contributed by atoms with van der Waals surface area (Å²) in [5.41, 5.74) is 0.583. The predicted molar refractivity (Wildman–Crippen MR) is 232 cm³/mol. The second-order valence-electron chi connectivity index (χ2n) is 15.0. The standard InChI is InChI=1S/C45H43ClN6O10S/c1-3-29-24-45(29,43(56)51-63(59,60)32-17-11-6-12-18-32)50-40(53)37-22-31(62-38-23-34(27-13-7-4-8-14-27)48-35-21-30(61-2)19-20-33(35)38)26-52(37)42(55)36(49-44(57)58)25-47-41(54)39(46)28-15-9-5-10-16-28/h3-21,23,29,31,36-37,39,49H,1,22,24-26H2,2H3,(H,47,54)(H,50,53)(H,51,56)(H,57,58)/t29?,31-,36?,37+,39?,45?/m1/s1. The van der Waals surface area contributed by atoms with Crippen LogP contribution in [0.1, 0.15) is 23.8 Å². The number of ether oxygens (including phenoxy) is 2. The van der Waals surface area contributed by atoms with Crippen LogP contribution >= 0.6 is 11.6 Å². The van der Waals surface area contributed by atoms with Gasteiger partial charge in [0.05, 0.1) is 29.8 Å². The third-order valence-corrected chi connectivity index (χ3v) is 12.7. The maximum absolute atomic E-state index is 14.5. The summed E-state index contributed by atoms with van der Waals surface area (Å²) in [7, 11) is -2.83. The second-order valence-corrected chi connectivity index (χ2v) is 17.1. The van der Waals surface area contributed by atoms with Crippen molar-refractivity contribution in [3.05, 3.63) is 133 Å². The summed E-state index contributed by atoms with van der Waals surface area (Å²) >= 11 is 6.41. The van der Waals surface area contributed by atoms with Gasteiger partial charge in [-0.3, -0.25) is 19.2 Å². The number of benzene rings is 4. The van der Waals surface area contributed by atoms with E-state index in [0.717, 1.165) is 10.5 Å². The van der Waals surface area contributed by atoms with Gasteiger partial charge in [-0.25, -0.2) is 22.9 Å². The van der Waals surface area contributed by atoms with Crippen LogP contribution in [0.15, 0.2) is 133 Å². The molecule has 63 heavy (non-hydrogen) atoms. The zero-order chi connectivity index (χ0) is 44.9. The molecule has 18 heteroatoms. The van der Waals surface area contributed by atoms with E-state index in [0.29, 0.717) is 33.7 Å². The minimum Gasteiger partial charge on any atom is -0.497 e.